The first kappa shape index (κ1) is 19.2. The third-order valence-electron chi connectivity index (χ3n) is 6.91. The lowest BCUT2D eigenvalue weighted by atomic mass is 9.68. The Kier molecular flexibility index (Phi) is 5.79. The Morgan fingerprint density at radius 2 is 1.48 bits per heavy atom. The summed E-state index contributed by atoms with van der Waals surface area (Å²) in [4.78, 5) is 0. The van der Waals surface area contributed by atoms with Gasteiger partial charge < -0.3 is 0 Å². The van der Waals surface area contributed by atoms with E-state index in [0.717, 1.165) is 36.7 Å². The van der Waals surface area contributed by atoms with Crippen LogP contribution in [-0.2, 0) is 0 Å². The Morgan fingerprint density at radius 3 is 1.96 bits per heavy atom. The van der Waals surface area contributed by atoms with Gasteiger partial charge in [0.15, 0.2) is 0 Å². The van der Waals surface area contributed by atoms with Crippen molar-refractivity contribution in [3.8, 4) is 0 Å². The molecule has 3 aliphatic carbocycles. The van der Waals surface area contributed by atoms with Crippen LogP contribution in [0.1, 0.15) is 64.7 Å². The second kappa shape index (κ2) is 7.56. The van der Waals surface area contributed by atoms with Crippen molar-refractivity contribution in [2.45, 2.75) is 83.2 Å². The second-order valence-corrected chi connectivity index (χ2v) is 8.60. The van der Waals surface area contributed by atoms with E-state index in [1.165, 1.54) is 25.7 Å². The highest BCUT2D eigenvalue weighted by molar-refractivity contribution is 5.14. The van der Waals surface area contributed by atoms with Crippen molar-refractivity contribution in [1.29, 1.82) is 0 Å². The maximum atomic E-state index is 14.0. The molecule has 0 heterocycles. The minimum atomic E-state index is -4.78. The predicted molar refractivity (Wildman–Crippen MR) is 88.6 cm³/mol. The molecular weight excluding hydrogens is 335 g/mol. The Balaban J connectivity index is 1.57. The minimum Gasteiger partial charge on any atom is -0.247 e. The molecule has 0 aromatic rings. The molecule has 3 aliphatic rings. The minimum absolute atomic E-state index is 0.179. The SMILES string of the molecule is CC1CCC(C2CC=C(C3CC(F)C(C(F)(F)F)C(F)C3)CC2)CC1. The zero-order valence-electron chi connectivity index (χ0n) is 14.9. The molecule has 0 amide bonds. The van der Waals surface area contributed by atoms with E-state index in [1.54, 1.807) is 0 Å². The molecule has 0 nitrogen and oxygen atoms in total. The Bertz CT molecular complexity index is 463. The van der Waals surface area contributed by atoms with Gasteiger partial charge in [0.2, 0.25) is 0 Å². The fourth-order valence-electron chi connectivity index (χ4n) is 5.30. The van der Waals surface area contributed by atoms with Gasteiger partial charge in [0.25, 0.3) is 0 Å². The zero-order chi connectivity index (χ0) is 18.2. The van der Waals surface area contributed by atoms with Gasteiger partial charge in [-0.1, -0.05) is 31.4 Å². The molecule has 0 aromatic heterocycles. The van der Waals surface area contributed by atoms with Crippen LogP contribution < -0.4 is 0 Å². The van der Waals surface area contributed by atoms with Crippen molar-refractivity contribution in [2.24, 2.45) is 29.6 Å². The molecule has 2 saturated carbocycles. The van der Waals surface area contributed by atoms with E-state index in [2.05, 4.69) is 13.0 Å². The third kappa shape index (κ3) is 4.39. The summed E-state index contributed by atoms with van der Waals surface area (Å²) < 4.78 is 66.4. The summed E-state index contributed by atoms with van der Waals surface area (Å²) in [7, 11) is 0. The van der Waals surface area contributed by atoms with E-state index in [1.807, 2.05) is 0 Å². The largest absolute Gasteiger partial charge is 0.397 e. The van der Waals surface area contributed by atoms with E-state index in [4.69, 9.17) is 0 Å². The van der Waals surface area contributed by atoms with Crippen LogP contribution in [-0.4, -0.2) is 18.5 Å². The van der Waals surface area contributed by atoms with Crippen molar-refractivity contribution < 1.29 is 22.0 Å². The summed E-state index contributed by atoms with van der Waals surface area (Å²) in [6.45, 7) is 2.30. The second-order valence-electron chi connectivity index (χ2n) is 8.60. The number of allylic oxidation sites excluding steroid dienone is 2. The molecule has 0 aromatic carbocycles. The quantitative estimate of drug-likeness (QED) is 0.373. The van der Waals surface area contributed by atoms with Crippen LogP contribution in [0.15, 0.2) is 11.6 Å². The van der Waals surface area contributed by atoms with E-state index >= 15 is 0 Å². The van der Waals surface area contributed by atoms with Gasteiger partial charge in [0.1, 0.15) is 18.3 Å². The first-order valence-electron chi connectivity index (χ1n) is 9.79. The highest BCUT2D eigenvalue weighted by atomic mass is 19.4. The molecule has 25 heavy (non-hydrogen) atoms. The summed E-state index contributed by atoms with van der Waals surface area (Å²) in [5.41, 5.74) is 1.01. The Labute approximate surface area is 147 Å². The third-order valence-corrected chi connectivity index (χ3v) is 6.91. The lowest BCUT2D eigenvalue weighted by Crippen LogP contribution is -2.45. The zero-order valence-corrected chi connectivity index (χ0v) is 14.9. The standard InChI is InChI=1S/C20H29F5/c1-12-2-4-13(5-3-12)14-6-8-15(9-7-14)16-10-17(21)19(18(22)11-16)20(23,24)25/h8,12-14,16-19H,2-7,9-11H2,1H3. The molecule has 0 N–H and O–H groups in total. The molecule has 5 heteroatoms. The molecular formula is C20H29F5. The topological polar surface area (TPSA) is 0 Å². The van der Waals surface area contributed by atoms with Gasteiger partial charge >= 0.3 is 6.18 Å². The van der Waals surface area contributed by atoms with Crippen molar-refractivity contribution in [1.82, 2.24) is 0 Å². The Hall–Kier alpha value is -0.610. The number of hydrogen-bond acceptors (Lipinski definition) is 0. The number of alkyl halides is 5. The van der Waals surface area contributed by atoms with Crippen LogP contribution in [0.4, 0.5) is 22.0 Å². The predicted octanol–water partition coefficient (Wildman–Crippen LogP) is 6.80. The van der Waals surface area contributed by atoms with Gasteiger partial charge in [-0.3, -0.25) is 0 Å². The van der Waals surface area contributed by atoms with Crippen molar-refractivity contribution in [2.75, 3.05) is 0 Å². The van der Waals surface area contributed by atoms with E-state index in [0.29, 0.717) is 5.92 Å². The van der Waals surface area contributed by atoms with Gasteiger partial charge in [-0.25, -0.2) is 8.78 Å². The number of hydrogen-bond donors (Lipinski definition) is 0. The van der Waals surface area contributed by atoms with Gasteiger partial charge in [-0.05, 0) is 68.6 Å². The number of halogens is 5. The fourth-order valence-corrected chi connectivity index (χ4v) is 5.30. The van der Waals surface area contributed by atoms with Gasteiger partial charge in [0.05, 0.1) is 0 Å². The van der Waals surface area contributed by atoms with Crippen LogP contribution in [0.25, 0.3) is 0 Å². The molecule has 2 fully saturated rings. The molecule has 0 bridgehead atoms. The van der Waals surface area contributed by atoms with Gasteiger partial charge in [0, 0.05) is 0 Å². The lowest BCUT2D eigenvalue weighted by Gasteiger charge is -2.39. The average molecular weight is 364 g/mol. The molecule has 3 unspecified atom stereocenters. The van der Waals surface area contributed by atoms with E-state index in [-0.39, 0.29) is 18.8 Å². The van der Waals surface area contributed by atoms with E-state index < -0.39 is 24.4 Å². The monoisotopic (exact) mass is 364 g/mol. The number of rotatable bonds is 2. The van der Waals surface area contributed by atoms with Crippen LogP contribution in [0.2, 0.25) is 0 Å². The Morgan fingerprint density at radius 1 is 0.880 bits per heavy atom. The summed E-state index contributed by atoms with van der Waals surface area (Å²) in [6.07, 6.45) is 0.590. The smallest absolute Gasteiger partial charge is 0.247 e. The average Bonchev–Trinajstić information content (AvgIpc) is 2.54. The lowest BCUT2D eigenvalue weighted by molar-refractivity contribution is -0.217. The summed E-state index contributed by atoms with van der Waals surface area (Å²) in [5.74, 6) is -0.582. The molecule has 144 valence electrons. The van der Waals surface area contributed by atoms with Gasteiger partial charge in [-0.2, -0.15) is 13.2 Å². The van der Waals surface area contributed by atoms with Crippen molar-refractivity contribution in [3.05, 3.63) is 11.6 Å². The van der Waals surface area contributed by atoms with Crippen LogP contribution >= 0.6 is 0 Å². The molecule has 0 radical (unpaired) electrons. The van der Waals surface area contributed by atoms with Gasteiger partial charge in [-0.15, -0.1) is 0 Å². The van der Waals surface area contributed by atoms with Crippen molar-refractivity contribution >= 4 is 0 Å². The molecule has 0 spiro atoms. The van der Waals surface area contributed by atoms with E-state index in [9.17, 15) is 22.0 Å². The maximum Gasteiger partial charge on any atom is 0.397 e. The first-order chi connectivity index (χ1) is 11.8. The molecule has 0 saturated heterocycles. The summed E-state index contributed by atoms with van der Waals surface area (Å²) in [6, 6.07) is 0. The highest BCUT2D eigenvalue weighted by Crippen LogP contribution is 2.47. The molecule has 0 aliphatic heterocycles. The molecule has 3 rings (SSSR count). The summed E-state index contributed by atoms with van der Waals surface area (Å²) in [5, 5.41) is 0. The molecule has 3 atom stereocenters. The normalized spacial score (nSPS) is 43.6. The first-order valence-corrected chi connectivity index (χ1v) is 9.79. The van der Waals surface area contributed by atoms with Crippen molar-refractivity contribution in [3.63, 3.8) is 0 Å². The summed E-state index contributed by atoms with van der Waals surface area (Å²) >= 11 is 0. The maximum absolute atomic E-state index is 14.0. The fraction of sp³-hybridized carbons (Fsp3) is 0.900. The van der Waals surface area contributed by atoms with Crippen LogP contribution in [0.3, 0.4) is 0 Å². The highest BCUT2D eigenvalue weighted by Gasteiger charge is 2.54. The van der Waals surface area contributed by atoms with Crippen LogP contribution in [0, 0.1) is 29.6 Å². The van der Waals surface area contributed by atoms with Crippen LogP contribution in [0.5, 0.6) is 0 Å².